The molecule has 1 aromatic carbocycles. The largest absolute Gasteiger partial charge is 0.461 e. The zero-order valence-electron chi connectivity index (χ0n) is 16.0. The highest BCUT2D eigenvalue weighted by Crippen LogP contribution is 2.36. The standard InChI is InChI=1S/C20H26ClNO4S/c1-20(2,3)26-19(24)22-10-8-13-4-6-16(21)18(15(13)9-11-22)27-12-14-5-7-17(23)25-14/h4,6,14H,5,7-12H2,1-3H3. The Morgan fingerprint density at radius 1 is 1.30 bits per heavy atom. The fourth-order valence-electron chi connectivity index (χ4n) is 3.30. The maximum absolute atomic E-state index is 12.4. The first-order valence-corrected chi connectivity index (χ1v) is 10.7. The summed E-state index contributed by atoms with van der Waals surface area (Å²) in [6, 6.07) is 3.97. The fraction of sp³-hybridized carbons (Fsp3) is 0.600. The highest BCUT2D eigenvalue weighted by atomic mass is 35.5. The molecule has 1 unspecified atom stereocenters. The van der Waals surface area contributed by atoms with E-state index in [1.54, 1.807) is 16.7 Å². The van der Waals surface area contributed by atoms with Crippen LogP contribution < -0.4 is 0 Å². The number of cyclic esters (lactones) is 1. The number of amides is 1. The lowest BCUT2D eigenvalue weighted by Crippen LogP contribution is -2.38. The lowest BCUT2D eigenvalue weighted by Gasteiger charge is -2.26. The molecule has 2 aliphatic heterocycles. The molecule has 1 amide bonds. The Bertz CT molecular complexity index is 731. The van der Waals surface area contributed by atoms with Gasteiger partial charge in [-0.3, -0.25) is 4.79 Å². The first kappa shape index (κ1) is 20.3. The molecule has 5 nitrogen and oxygen atoms in total. The van der Waals surface area contributed by atoms with Gasteiger partial charge in [0.25, 0.3) is 0 Å². The molecule has 3 rings (SSSR count). The molecule has 1 aromatic rings. The van der Waals surface area contributed by atoms with Crippen molar-refractivity contribution in [1.82, 2.24) is 4.90 Å². The molecule has 2 aliphatic rings. The third kappa shape index (κ3) is 5.32. The van der Waals surface area contributed by atoms with Crippen LogP contribution in [-0.4, -0.2) is 47.5 Å². The van der Waals surface area contributed by atoms with Crippen molar-refractivity contribution in [1.29, 1.82) is 0 Å². The van der Waals surface area contributed by atoms with E-state index in [1.165, 1.54) is 11.1 Å². The van der Waals surface area contributed by atoms with Crippen molar-refractivity contribution in [3.8, 4) is 0 Å². The molecule has 0 saturated carbocycles. The van der Waals surface area contributed by atoms with Crippen molar-refractivity contribution in [2.24, 2.45) is 0 Å². The SMILES string of the molecule is CC(C)(C)OC(=O)N1CCc2ccc(Cl)c(SCC3CCC(=O)O3)c2CC1. The van der Waals surface area contributed by atoms with Crippen LogP contribution in [0.2, 0.25) is 5.02 Å². The van der Waals surface area contributed by atoms with E-state index in [2.05, 4.69) is 6.07 Å². The minimum Gasteiger partial charge on any atom is -0.461 e. The van der Waals surface area contributed by atoms with Crippen LogP contribution >= 0.6 is 23.4 Å². The van der Waals surface area contributed by atoms with Crippen LogP contribution in [-0.2, 0) is 27.1 Å². The molecule has 148 valence electrons. The van der Waals surface area contributed by atoms with Crippen molar-refractivity contribution in [3.05, 3.63) is 28.3 Å². The summed E-state index contributed by atoms with van der Waals surface area (Å²) in [7, 11) is 0. The summed E-state index contributed by atoms with van der Waals surface area (Å²) in [6.45, 7) is 6.87. The van der Waals surface area contributed by atoms with Crippen LogP contribution in [0.4, 0.5) is 4.79 Å². The van der Waals surface area contributed by atoms with Crippen LogP contribution in [0.1, 0.15) is 44.7 Å². The van der Waals surface area contributed by atoms with Crippen LogP contribution in [0.15, 0.2) is 17.0 Å². The Kier molecular flexibility index (Phi) is 6.26. The number of nitrogens with zero attached hydrogens (tertiary/aromatic N) is 1. The van der Waals surface area contributed by atoms with Gasteiger partial charge >= 0.3 is 12.1 Å². The van der Waals surface area contributed by atoms with Gasteiger partial charge in [-0.1, -0.05) is 17.7 Å². The number of benzene rings is 1. The van der Waals surface area contributed by atoms with Gasteiger partial charge in [-0.2, -0.15) is 0 Å². The Labute approximate surface area is 169 Å². The van der Waals surface area contributed by atoms with Crippen molar-refractivity contribution in [3.63, 3.8) is 0 Å². The Hall–Kier alpha value is -1.40. The number of ether oxygens (including phenoxy) is 2. The zero-order valence-corrected chi connectivity index (χ0v) is 17.6. The average molecular weight is 412 g/mol. The van der Waals surface area contributed by atoms with E-state index in [0.29, 0.717) is 30.3 Å². The van der Waals surface area contributed by atoms with E-state index in [-0.39, 0.29) is 18.2 Å². The van der Waals surface area contributed by atoms with Gasteiger partial charge in [-0.25, -0.2) is 4.79 Å². The summed E-state index contributed by atoms with van der Waals surface area (Å²) < 4.78 is 10.8. The van der Waals surface area contributed by atoms with Gasteiger partial charge in [0.15, 0.2) is 0 Å². The molecule has 0 bridgehead atoms. The summed E-state index contributed by atoms with van der Waals surface area (Å²) in [6.07, 6.45) is 2.47. The van der Waals surface area contributed by atoms with E-state index in [9.17, 15) is 9.59 Å². The second kappa shape index (κ2) is 8.31. The normalized spacial score (nSPS) is 20.1. The third-order valence-electron chi connectivity index (χ3n) is 4.63. The van der Waals surface area contributed by atoms with Gasteiger partial charge in [0.1, 0.15) is 11.7 Å². The van der Waals surface area contributed by atoms with Gasteiger partial charge in [-0.05, 0) is 57.2 Å². The zero-order chi connectivity index (χ0) is 19.6. The second-order valence-electron chi connectivity index (χ2n) is 7.94. The molecule has 7 heteroatoms. The van der Waals surface area contributed by atoms with Gasteiger partial charge in [0.05, 0.1) is 5.02 Å². The summed E-state index contributed by atoms with van der Waals surface area (Å²) >= 11 is 8.13. The summed E-state index contributed by atoms with van der Waals surface area (Å²) in [5, 5.41) is 0.716. The van der Waals surface area contributed by atoms with E-state index in [4.69, 9.17) is 21.1 Å². The minimum absolute atomic E-state index is 0.0431. The van der Waals surface area contributed by atoms with Crippen molar-refractivity contribution in [2.45, 2.75) is 63.1 Å². The van der Waals surface area contributed by atoms with E-state index < -0.39 is 5.60 Å². The number of hydrogen-bond donors (Lipinski definition) is 0. The topological polar surface area (TPSA) is 55.8 Å². The number of carbonyl (C=O) groups excluding carboxylic acids is 2. The number of rotatable bonds is 3. The molecular weight excluding hydrogens is 386 g/mol. The Morgan fingerprint density at radius 3 is 2.70 bits per heavy atom. The molecule has 1 fully saturated rings. The lowest BCUT2D eigenvalue weighted by atomic mass is 10.0. The predicted octanol–water partition coefficient (Wildman–Crippen LogP) is 4.47. The van der Waals surface area contributed by atoms with E-state index in [1.807, 2.05) is 26.8 Å². The van der Waals surface area contributed by atoms with E-state index in [0.717, 1.165) is 24.2 Å². The van der Waals surface area contributed by atoms with Crippen LogP contribution in [0, 0.1) is 0 Å². The Morgan fingerprint density at radius 2 is 2.04 bits per heavy atom. The number of halogens is 1. The fourth-order valence-corrected chi connectivity index (χ4v) is 4.84. The summed E-state index contributed by atoms with van der Waals surface area (Å²) in [5.41, 5.74) is 1.92. The molecule has 0 aliphatic carbocycles. The van der Waals surface area contributed by atoms with Gasteiger partial charge < -0.3 is 14.4 Å². The molecule has 27 heavy (non-hydrogen) atoms. The predicted molar refractivity (Wildman–Crippen MR) is 107 cm³/mol. The van der Waals surface area contributed by atoms with Crippen molar-refractivity contribution >= 4 is 35.4 Å². The molecule has 0 radical (unpaired) electrons. The van der Waals surface area contributed by atoms with Crippen molar-refractivity contribution in [2.75, 3.05) is 18.8 Å². The van der Waals surface area contributed by atoms with Crippen LogP contribution in [0.5, 0.6) is 0 Å². The molecule has 2 heterocycles. The maximum atomic E-state index is 12.4. The lowest BCUT2D eigenvalue weighted by molar-refractivity contribution is -0.140. The minimum atomic E-state index is -0.501. The van der Waals surface area contributed by atoms with Gasteiger partial charge in [0.2, 0.25) is 0 Å². The van der Waals surface area contributed by atoms with Crippen LogP contribution in [0.25, 0.3) is 0 Å². The highest BCUT2D eigenvalue weighted by molar-refractivity contribution is 7.99. The van der Waals surface area contributed by atoms with Crippen molar-refractivity contribution < 1.29 is 19.1 Å². The van der Waals surface area contributed by atoms with Gasteiger partial charge in [0, 0.05) is 30.2 Å². The third-order valence-corrected chi connectivity index (χ3v) is 6.35. The second-order valence-corrected chi connectivity index (χ2v) is 9.38. The Balaban J connectivity index is 1.70. The van der Waals surface area contributed by atoms with Crippen LogP contribution in [0.3, 0.4) is 0 Å². The summed E-state index contributed by atoms with van der Waals surface area (Å²) in [5.74, 6) is 0.587. The molecule has 1 atom stereocenters. The smallest absolute Gasteiger partial charge is 0.410 e. The first-order valence-electron chi connectivity index (χ1n) is 9.33. The number of thioether (sulfide) groups is 1. The molecule has 0 aromatic heterocycles. The summed E-state index contributed by atoms with van der Waals surface area (Å²) in [4.78, 5) is 26.5. The average Bonchev–Trinajstić information content (AvgIpc) is 2.86. The number of esters is 1. The highest BCUT2D eigenvalue weighted by Gasteiger charge is 2.27. The van der Waals surface area contributed by atoms with Gasteiger partial charge in [-0.15, -0.1) is 11.8 Å². The maximum Gasteiger partial charge on any atom is 0.410 e. The van der Waals surface area contributed by atoms with E-state index >= 15 is 0 Å². The number of carbonyl (C=O) groups is 2. The first-order chi connectivity index (χ1) is 12.7. The molecular formula is C20H26ClNO4S. The molecule has 0 N–H and O–H groups in total. The monoisotopic (exact) mass is 411 g/mol. The number of fused-ring (bicyclic) bond motifs is 1. The number of hydrogen-bond acceptors (Lipinski definition) is 5. The quantitative estimate of drug-likeness (QED) is 0.542. The molecule has 0 spiro atoms. The molecule has 1 saturated heterocycles.